The summed E-state index contributed by atoms with van der Waals surface area (Å²) in [5.41, 5.74) is -2.27. The van der Waals surface area contributed by atoms with Crippen molar-refractivity contribution in [2.24, 2.45) is 5.92 Å². The summed E-state index contributed by atoms with van der Waals surface area (Å²) in [4.78, 5) is 24.8. The topological polar surface area (TPSA) is 55.4 Å². The molecule has 0 saturated heterocycles. The summed E-state index contributed by atoms with van der Waals surface area (Å²) in [6, 6.07) is 6.53. The number of amides is 2. The highest BCUT2D eigenvalue weighted by Crippen LogP contribution is 2.38. The second-order valence-electron chi connectivity index (χ2n) is 6.72. The van der Waals surface area contributed by atoms with Gasteiger partial charge in [0.2, 0.25) is 5.91 Å². The van der Waals surface area contributed by atoms with Crippen molar-refractivity contribution in [1.29, 1.82) is 0 Å². The Bertz CT molecular complexity index is 1060. The fraction of sp³-hybridized carbons (Fsp3) is 0.238. The average molecular weight is 425 g/mol. The largest absolute Gasteiger partial charge is 0.494 e. The molecule has 2 aromatic carbocycles. The standard InChI is InChI=1S/C21H16F5NO3/c1-10-12(9-13-14(21(24,25)26)6-4-7-15(13)22)19(28)27-20(29)17(10)11-5-3-8-16(30-2)18(11)23/h3-8,12H,9H2,1-2H3,(H,27,28,29). The van der Waals surface area contributed by atoms with E-state index < -0.39 is 53.1 Å². The highest BCUT2D eigenvalue weighted by atomic mass is 19.4. The van der Waals surface area contributed by atoms with Crippen LogP contribution in [-0.4, -0.2) is 18.9 Å². The van der Waals surface area contributed by atoms with Crippen LogP contribution in [0.15, 0.2) is 42.0 Å². The molecule has 0 spiro atoms. The van der Waals surface area contributed by atoms with Gasteiger partial charge in [-0.05, 0) is 37.1 Å². The maximum absolute atomic E-state index is 14.7. The van der Waals surface area contributed by atoms with Crippen LogP contribution in [0.2, 0.25) is 0 Å². The van der Waals surface area contributed by atoms with Crippen molar-refractivity contribution in [2.45, 2.75) is 19.5 Å². The Morgan fingerprint density at radius 1 is 1.07 bits per heavy atom. The van der Waals surface area contributed by atoms with Crippen LogP contribution < -0.4 is 10.1 Å². The Balaban J connectivity index is 2.14. The molecule has 0 aliphatic carbocycles. The second kappa shape index (κ2) is 7.89. The number of methoxy groups -OCH3 is 1. The van der Waals surface area contributed by atoms with Gasteiger partial charge >= 0.3 is 6.18 Å². The van der Waals surface area contributed by atoms with E-state index in [1.54, 1.807) is 0 Å². The van der Waals surface area contributed by atoms with Crippen molar-refractivity contribution in [3.63, 3.8) is 0 Å². The summed E-state index contributed by atoms with van der Waals surface area (Å²) < 4.78 is 73.8. The van der Waals surface area contributed by atoms with Crippen molar-refractivity contribution < 1.29 is 36.3 Å². The first-order valence-corrected chi connectivity index (χ1v) is 8.79. The predicted octanol–water partition coefficient (Wildman–Crippen LogP) is 4.28. The molecule has 1 aliphatic heterocycles. The summed E-state index contributed by atoms with van der Waals surface area (Å²) >= 11 is 0. The quantitative estimate of drug-likeness (QED) is 0.588. The Morgan fingerprint density at radius 3 is 2.37 bits per heavy atom. The summed E-state index contributed by atoms with van der Waals surface area (Å²) in [5.74, 6) is -5.23. The Morgan fingerprint density at radius 2 is 1.73 bits per heavy atom. The van der Waals surface area contributed by atoms with Gasteiger partial charge in [0.05, 0.1) is 18.6 Å². The van der Waals surface area contributed by atoms with E-state index in [2.05, 4.69) is 0 Å². The van der Waals surface area contributed by atoms with Gasteiger partial charge in [0, 0.05) is 16.7 Å². The zero-order chi connectivity index (χ0) is 22.2. The van der Waals surface area contributed by atoms with Gasteiger partial charge in [0.15, 0.2) is 11.6 Å². The number of nitrogens with one attached hydrogen (secondary N) is 1. The maximum Gasteiger partial charge on any atom is 0.416 e. The molecule has 2 aromatic rings. The monoisotopic (exact) mass is 425 g/mol. The van der Waals surface area contributed by atoms with Crippen LogP contribution in [0, 0.1) is 17.6 Å². The highest BCUT2D eigenvalue weighted by molar-refractivity contribution is 6.27. The van der Waals surface area contributed by atoms with Gasteiger partial charge in [0.1, 0.15) is 5.82 Å². The van der Waals surface area contributed by atoms with Crippen LogP contribution in [0.1, 0.15) is 23.6 Å². The third-order valence-corrected chi connectivity index (χ3v) is 4.98. The van der Waals surface area contributed by atoms with Crippen LogP contribution in [0.5, 0.6) is 5.75 Å². The normalized spacial score (nSPS) is 17.2. The van der Waals surface area contributed by atoms with Crippen LogP contribution in [0.4, 0.5) is 22.0 Å². The van der Waals surface area contributed by atoms with Gasteiger partial charge in [-0.25, -0.2) is 8.78 Å². The van der Waals surface area contributed by atoms with Crippen LogP contribution in [-0.2, 0) is 22.2 Å². The number of rotatable bonds is 4. The predicted molar refractivity (Wildman–Crippen MR) is 97.3 cm³/mol. The van der Waals surface area contributed by atoms with E-state index in [9.17, 15) is 31.5 Å². The van der Waals surface area contributed by atoms with E-state index in [1.807, 2.05) is 5.32 Å². The van der Waals surface area contributed by atoms with E-state index in [0.29, 0.717) is 6.07 Å². The number of hydrogen-bond acceptors (Lipinski definition) is 3. The van der Waals surface area contributed by atoms with Crippen molar-refractivity contribution >= 4 is 17.4 Å². The number of imide groups is 1. The first-order chi connectivity index (χ1) is 14.1. The van der Waals surface area contributed by atoms with E-state index >= 15 is 0 Å². The maximum atomic E-state index is 14.7. The Labute approximate surface area is 168 Å². The molecule has 158 valence electrons. The van der Waals surface area contributed by atoms with Crippen LogP contribution in [0.3, 0.4) is 0 Å². The lowest BCUT2D eigenvalue weighted by molar-refractivity contribution is -0.139. The molecule has 0 radical (unpaired) electrons. The molecular weight excluding hydrogens is 409 g/mol. The minimum absolute atomic E-state index is 0.0345. The minimum Gasteiger partial charge on any atom is -0.494 e. The lowest BCUT2D eigenvalue weighted by Crippen LogP contribution is -2.43. The van der Waals surface area contributed by atoms with Gasteiger partial charge in [-0.15, -0.1) is 0 Å². The molecular formula is C21H16F5NO3. The number of carbonyl (C=O) groups is 2. The summed E-state index contributed by atoms with van der Waals surface area (Å²) in [6.07, 6.45) is -5.49. The molecule has 0 fully saturated rings. The highest BCUT2D eigenvalue weighted by Gasteiger charge is 2.39. The molecule has 1 atom stereocenters. The molecule has 1 heterocycles. The van der Waals surface area contributed by atoms with Gasteiger partial charge in [0.25, 0.3) is 5.91 Å². The van der Waals surface area contributed by atoms with E-state index in [1.165, 1.54) is 32.2 Å². The lowest BCUT2D eigenvalue weighted by atomic mass is 9.82. The molecule has 9 heteroatoms. The lowest BCUT2D eigenvalue weighted by Gasteiger charge is -2.27. The Kier molecular flexibility index (Phi) is 5.65. The van der Waals surface area contributed by atoms with Gasteiger partial charge < -0.3 is 4.74 Å². The van der Waals surface area contributed by atoms with Crippen LogP contribution in [0.25, 0.3) is 5.57 Å². The molecule has 2 amide bonds. The number of ether oxygens (including phenoxy) is 1. The van der Waals surface area contributed by atoms with E-state index in [0.717, 1.165) is 12.1 Å². The summed E-state index contributed by atoms with van der Waals surface area (Å²) in [7, 11) is 1.23. The molecule has 0 saturated carbocycles. The number of alkyl halides is 3. The van der Waals surface area contributed by atoms with Crippen molar-refractivity contribution in [3.8, 4) is 5.75 Å². The van der Waals surface area contributed by atoms with Gasteiger partial charge in [-0.2, -0.15) is 13.2 Å². The summed E-state index contributed by atoms with van der Waals surface area (Å²) in [5, 5.41) is 2.02. The zero-order valence-electron chi connectivity index (χ0n) is 15.9. The Hall–Kier alpha value is -3.23. The molecule has 0 aromatic heterocycles. The molecule has 0 bridgehead atoms. The second-order valence-corrected chi connectivity index (χ2v) is 6.72. The average Bonchev–Trinajstić information content (AvgIpc) is 2.66. The molecule has 1 aliphatic rings. The number of benzene rings is 2. The number of hydrogen-bond donors (Lipinski definition) is 1. The van der Waals surface area contributed by atoms with Crippen molar-refractivity contribution in [1.82, 2.24) is 5.32 Å². The molecule has 3 rings (SSSR count). The molecule has 30 heavy (non-hydrogen) atoms. The number of carbonyl (C=O) groups excluding carboxylic acids is 2. The SMILES string of the molecule is COc1cccc(C2=C(C)C(Cc3c(F)cccc3C(F)(F)F)C(=O)NC2=O)c1F. The third kappa shape index (κ3) is 3.79. The van der Waals surface area contributed by atoms with Gasteiger partial charge in [-0.1, -0.05) is 18.2 Å². The third-order valence-electron chi connectivity index (χ3n) is 4.98. The first-order valence-electron chi connectivity index (χ1n) is 8.79. The fourth-order valence-corrected chi connectivity index (χ4v) is 3.49. The minimum atomic E-state index is -4.84. The molecule has 1 unspecified atom stereocenters. The first kappa shape index (κ1) is 21.5. The van der Waals surface area contributed by atoms with E-state index in [4.69, 9.17) is 4.74 Å². The smallest absolute Gasteiger partial charge is 0.416 e. The van der Waals surface area contributed by atoms with Crippen molar-refractivity contribution in [2.75, 3.05) is 7.11 Å². The molecule has 4 nitrogen and oxygen atoms in total. The van der Waals surface area contributed by atoms with Gasteiger partial charge in [-0.3, -0.25) is 14.9 Å². The van der Waals surface area contributed by atoms with E-state index in [-0.39, 0.29) is 22.5 Å². The zero-order valence-corrected chi connectivity index (χ0v) is 15.9. The fourth-order valence-electron chi connectivity index (χ4n) is 3.49. The summed E-state index contributed by atoms with van der Waals surface area (Å²) in [6.45, 7) is 1.34. The number of halogens is 5. The van der Waals surface area contributed by atoms with Crippen molar-refractivity contribution in [3.05, 3.63) is 70.3 Å². The molecule has 1 N–H and O–H groups in total. The van der Waals surface area contributed by atoms with Crippen LogP contribution >= 0.6 is 0 Å².